The molecule has 2 saturated heterocycles. The van der Waals surface area contributed by atoms with E-state index in [1.165, 1.54) is 12.8 Å². The van der Waals surface area contributed by atoms with Crippen LogP contribution in [0.3, 0.4) is 0 Å². The Morgan fingerprint density at radius 1 is 1.25 bits per heavy atom. The summed E-state index contributed by atoms with van der Waals surface area (Å²) in [6, 6.07) is 0.492. The van der Waals surface area contributed by atoms with E-state index >= 15 is 0 Å². The second kappa shape index (κ2) is 6.41. The number of ether oxygens (including phenoxy) is 2. The van der Waals surface area contributed by atoms with Gasteiger partial charge in [0.1, 0.15) is 6.61 Å². The molecule has 5 heteroatoms. The summed E-state index contributed by atoms with van der Waals surface area (Å²) in [5.74, 6) is 1.43. The largest absolute Gasteiger partial charge is 0.379 e. The first kappa shape index (κ1) is 14.3. The van der Waals surface area contributed by atoms with E-state index in [0.717, 1.165) is 51.9 Å². The Kier molecular flexibility index (Phi) is 4.58. The molecule has 1 amide bonds. The Balaban J connectivity index is 1.44. The lowest BCUT2D eigenvalue weighted by Gasteiger charge is -2.33. The van der Waals surface area contributed by atoms with E-state index < -0.39 is 0 Å². The molecule has 0 aromatic carbocycles. The van der Waals surface area contributed by atoms with E-state index in [4.69, 9.17) is 9.47 Å². The smallest absolute Gasteiger partial charge is 0.248 e. The molecule has 1 saturated carbocycles. The van der Waals surface area contributed by atoms with Gasteiger partial charge in [-0.1, -0.05) is 6.92 Å². The molecule has 0 aromatic heterocycles. The minimum atomic E-state index is 0.160. The fourth-order valence-electron chi connectivity index (χ4n) is 3.23. The summed E-state index contributed by atoms with van der Waals surface area (Å²) < 4.78 is 10.9. The van der Waals surface area contributed by atoms with Gasteiger partial charge in [-0.15, -0.1) is 0 Å². The summed E-state index contributed by atoms with van der Waals surface area (Å²) in [5.41, 5.74) is 0. The van der Waals surface area contributed by atoms with Crippen molar-refractivity contribution in [3.05, 3.63) is 0 Å². The van der Waals surface area contributed by atoms with Gasteiger partial charge in [-0.3, -0.25) is 9.69 Å². The number of likely N-dealkylation sites (tertiary alicyclic amines) is 1. The normalized spacial score (nSPS) is 31.8. The van der Waals surface area contributed by atoms with Gasteiger partial charge in [0, 0.05) is 32.2 Å². The van der Waals surface area contributed by atoms with Crippen LogP contribution in [0, 0.1) is 11.8 Å². The fourth-order valence-corrected chi connectivity index (χ4v) is 3.23. The van der Waals surface area contributed by atoms with E-state index in [0.29, 0.717) is 12.0 Å². The van der Waals surface area contributed by atoms with Crippen LogP contribution in [0.4, 0.5) is 0 Å². The van der Waals surface area contributed by atoms with Crippen molar-refractivity contribution >= 4 is 5.91 Å². The number of morpholine rings is 1. The highest BCUT2D eigenvalue weighted by atomic mass is 16.5. The molecule has 0 N–H and O–H groups in total. The van der Waals surface area contributed by atoms with E-state index in [1.807, 2.05) is 4.90 Å². The minimum Gasteiger partial charge on any atom is -0.379 e. The summed E-state index contributed by atoms with van der Waals surface area (Å²) in [5, 5.41) is 0. The molecule has 0 bridgehead atoms. The first-order valence-electron chi connectivity index (χ1n) is 7.91. The number of carbonyl (C=O) groups excluding carboxylic acids is 1. The van der Waals surface area contributed by atoms with Gasteiger partial charge in [-0.2, -0.15) is 0 Å². The number of hydrogen-bond acceptors (Lipinski definition) is 4. The van der Waals surface area contributed by atoms with Crippen molar-refractivity contribution < 1.29 is 14.3 Å². The fraction of sp³-hybridized carbons (Fsp3) is 0.933. The zero-order chi connectivity index (χ0) is 13.9. The number of carbonyl (C=O) groups is 1. The van der Waals surface area contributed by atoms with Crippen LogP contribution in [0.15, 0.2) is 0 Å². The Morgan fingerprint density at radius 2 is 2.00 bits per heavy atom. The number of hydrogen-bond donors (Lipinski definition) is 0. The molecule has 3 rings (SSSR count). The lowest BCUT2D eigenvalue weighted by molar-refractivity contribution is -0.135. The molecule has 0 aromatic rings. The third kappa shape index (κ3) is 3.51. The molecule has 2 aliphatic heterocycles. The first-order valence-corrected chi connectivity index (χ1v) is 7.91. The van der Waals surface area contributed by atoms with Gasteiger partial charge >= 0.3 is 0 Å². The Hall–Kier alpha value is -0.650. The molecule has 3 fully saturated rings. The number of rotatable bonds is 5. The summed E-state index contributed by atoms with van der Waals surface area (Å²) in [6.07, 6.45) is 2.54. The molecule has 2 atom stereocenters. The second-order valence-electron chi connectivity index (χ2n) is 6.45. The van der Waals surface area contributed by atoms with Crippen LogP contribution in [0.5, 0.6) is 0 Å². The van der Waals surface area contributed by atoms with Crippen LogP contribution < -0.4 is 0 Å². The summed E-state index contributed by atoms with van der Waals surface area (Å²) in [6.45, 7) is 8.63. The number of nitrogens with zero attached hydrogens (tertiary/aromatic N) is 2. The molecule has 2 heterocycles. The van der Waals surface area contributed by atoms with Crippen molar-refractivity contribution in [1.29, 1.82) is 0 Å². The molecule has 0 spiro atoms. The van der Waals surface area contributed by atoms with Gasteiger partial charge in [0.15, 0.2) is 0 Å². The van der Waals surface area contributed by atoms with Gasteiger partial charge in [0.25, 0.3) is 0 Å². The van der Waals surface area contributed by atoms with E-state index in [9.17, 15) is 4.79 Å². The molecule has 114 valence electrons. The molecule has 3 aliphatic rings. The van der Waals surface area contributed by atoms with Gasteiger partial charge in [0.05, 0.1) is 19.8 Å². The van der Waals surface area contributed by atoms with Gasteiger partial charge < -0.3 is 14.4 Å². The Bertz CT molecular complexity index is 340. The maximum absolute atomic E-state index is 12.2. The third-order valence-electron chi connectivity index (χ3n) is 4.72. The van der Waals surface area contributed by atoms with Gasteiger partial charge in [-0.25, -0.2) is 0 Å². The molecule has 1 aliphatic carbocycles. The maximum atomic E-state index is 12.2. The summed E-state index contributed by atoms with van der Waals surface area (Å²) in [4.78, 5) is 16.6. The van der Waals surface area contributed by atoms with E-state index in [1.54, 1.807) is 0 Å². The highest BCUT2D eigenvalue weighted by Crippen LogP contribution is 2.29. The van der Waals surface area contributed by atoms with Crippen molar-refractivity contribution in [1.82, 2.24) is 9.80 Å². The topological polar surface area (TPSA) is 42.0 Å². The average Bonchev–Trinajstić information content (AvgIpc) is 3.20. The van der Waals surface area contributed by atoms with Crippen molar-refractivity contribution in [2.45, 2.75) is 25.8 Å². The zero-order valence-corrected chi connectivity index (χ0v) is 12.4. The minimum absolute atomic E-state index is 0.160. The maximum Gasteiger partial charge on any atom is 0.248 e. The molecule has 20 heavy (non-hydrogen) atoms. The quantitative estimate of drug-likeness (QED) is 0.740. The third-order valence-corrected chi connectivity index (χ3v) is 4.72. The lowest BCUT2D eigenvalue weighted by Crippen LogP contribution is -2.47. The highest BCUT2D eigenvalue weighted by Gasteiger charge is 2.36. The van der Waals surface area contributed by atoms with Crippen molar-refractivity contribution in [3.8, 4) is 0 Å². The van der Waals surface area contributed by atoms with E-state index in [-0.39, 0.29) is 12.5 Å². The van der Waals surface area contributed by atoms with Crippen LogP contribution in [-0.2, 0) is 14.3 Å². The van der Waals surface area contributed by atoms with Crippen LogP contribution in [0.2, 0.25) is 0 Å². The standard InChI is InChI=1S/C15H26N2O3/c1-12-8-17(15(18)11-20-10-13-2-3-13)9-14(12)16-4-6-19-7-5-16/h12-14H,2-11H2,1H3. The first-order chi connectivity index (χ1) is 9.74. The van der Waals surface area contributed by atoms with Crippen LogP contribution in [0.25, 0.3) is 0 Å². The zero-order valence-electron chi connectivity index (χ0n) is 12.4. The molecule has 2 unspecified atom stereocenters. The lowest BCUT2D eigenvalue weighted by atomic mass is 10.0. The summed E-state index contributed by atoms with van der Waals surface area (Å²) in [7, 11) is 0. The molecule has 0 radical (unpaired) electrons. The van der Waals surface area contributed by atoms with Gasteiger partial charge in [-0.05, 0) is 24.7 Å². The molecular formula is C15H26N2O3. The molecular weight excluding hydrogens is 256 g/mol. The Morgan fingerprint density at radius 3 is 2.70 bits per heavy atom. The van der Waals surface area contributed by atoms with Crippen LogP contribution >= 0.6 is 0 Å². The van der Waals surface area contributed by atoms with Gasteiger partial charge in [0.2, 0.25) is 5.91 Å². The van der Waals surface area contributed by atoms with Crippen LogP contribution in [0.1, 0.15) is 19.8 Å². The highest BCUT2D eigenvalue weighted by molar-refractivity contribution is 5.77. The predicted octanol–water partition coefficient (Wildman–Crippen LogP) is 0.592. The van der Waals surface area contributed by atoms with Crippen LogP contribution in [-0.4, -0.2) is 74.4 Å². The van der Waals surface area contributed by atoms with Crippen molar-refractivity contribution in [2.75, 3.05) is 52.6 Å². The van der Waals surface area contributed by atoms with Crippen molar-refractivity contribution in [3.63, 3.8) is 0 Å². The SMILES string of the molecule is CC1CN(C(=O)COCC2CC2)CC1N1CCOCC1. The number of amides is 1. The van der Waals surface area contributed by atoms with E-state index in [2.05, 4.69) is 11.8 Å². The Labute approximate surface area is 121 Å². The summed E-state index contributed by atoms with van der Waals surface area (Å²) >= 11 is 0. The predicted molar refractivity (Wildman–Crippen MR) is 75.5 cm³/mol. The average molecular weight is 282 g/mol. The monoisotopic (exact) mass is 282 g/mol. The van der Waals surface area contributed by atoms with Crippen molar-refractivity contribution in [2.24, 2.45) is 11.8 Å². The molecule has 5 nitrogen and oxygen atoms in total. The second-order valence-corrected chi connectivity index (χ2v) is 6.45.